The third-order valence-electron chi connectivity index (χ3n) is 1.27. The molecule has 0 aliphatic carbocycles. The summed E-state index contributed by atoms with van der Waals surface area (Å²) in [6.07, 6.45) is 1.93. The molecule has 0 radical (unpaired) electrons. The Hall–Kier alpha value is -1.22. The molecule has 0 aromatic heterocycles. The Kier molecular flexibility index (Phi) is 7.08. The molecule has 0 bridgehead atoms. The van der Waals surface area contributed by atoms with Gasteiger partial charge in [-0.3, -0.25) is 4.79 Å². The van der Waals surface area contributed by atoms with Crippen LogP contribution in [-0.2, 0) is 9.53 Å². The van der Waals surface area contributed by atoms with Crippen LogP contribution in [0.5, 0.6) is 0 Å². The number of nitrogens with zero attached hydrogens (tertiary/aromatic N) is 3. The fourth-order valence-corrected chi connectivity index (χ4v) is 0.617. The number of esters is 1. The van der Waals surface area contributed by atoms with E-state index in [1.807, 2.05) is 0 Å². The topological polar surface area (TPSA) is 75.1 Å². The summed E-state index contributed by atoms with van der Waals surface area (Å²) in [6, 6.07) is 0. The predicted octanol–water partition coefficient (Wildman–Crippen LogP) is 2.03. The van der Waals surface area contributed by atoms with E-state index >= 15 is 0 Å². The van der Waals surface area contributed by atoms with Gasteiger partial charge < -0.3 is 4.74 Å². The number of azide groups is 1. The van der Waals surface area contributed by atoms with Crippen LogP contribution in [0, 0.1) is 0 Å². The maximum absolute atomic E-state index is 10.6. The SMILES string of the molecule is CCC(=O)OCCCCN=[N+]=[N-]. The molecule has 0 saturated carbocycles. The van der Waals surface area contributed by atoms with Crippen molar-refractivity contribution in [1.29, 1.82) is 0 Å². The highest BCUT2D eigenvalue weighted by molar-refractivity contribution is 5.68. The second-order valence-electron chi connectivity index (χ2n) is 2.24. The van der Waals surface area contributed by atoms with Crippen LogP contribution < -0.4 is 0 Å². The lowest BCUT2D eigenvalue weighted by Gasteiger charge is -2.00. The van der Waals surface area contributed by atoms with Crippen LogP contribution in [0.4, 0.5) is 0 Å². The summed E-state index contributed by atoms with van der Waals surface area (Å²) in [4.78, 5) is 13.2. The molecule has 0 fully saturated rings. The molecule has 5 nitrogen and oxygen atoms in total. The largest absolute Gasteiger partial charge is 0.466 e. The van der Waals surface area contributed by atoms with Gasteiger partial charge in [-0.15, -0.1) is 0 Å². The van der Waals surface area contributed by atoms with Gasteiger partial charge in [0.25, 0.3) is 0 Å². The number of carbonyl (C=O) groups excluding carboxylic acids is 1. The average Bonchev–Trinajstić information content (AvgIpc) is 2.10. The maximum Gasteiger partial charge on any atom is 0.305 e. The predicted molar refractivity (Wildman–Crippen MR) is 44.5 cm³/mol. The van der Waals surface area contributed by atoms with Gasteiger partial charge in [-0.2, -0.15) is 0 Å². The first kappa shape index (κ1) is 10.8. The van der Waals surface area contributed by atoms with Crippen LogP contribution in [0.15, 0.2) is 5.11 Å². The minimum atomic E-state index is -0.182. The van der Waals surface area contributed by atoms with Gasteiger partial charge >= 0.3 is 5.97 Å². The molecule has 68 valence electrons. The summed E-state index contributed by atoms with van der Waals surface area (Å²) in [5, 5.41) is 3.35. The van der Waals surface area contributed by atoms with E-state index < -0.39 is 0 Å². The van der Waals surface area contributed by atoms with E-state index in [0.717, 1.165) is 12.8 Å². The lowest BCUT2D eigenvalue weighted by atomic mass is 10.3. The zero-order chi connectivity index (χ0) is 9.23. The molecule has 0 rings (SSSR count). The van der Waals surface area contributed by atoms with Gasteiger partial charge in [0.1, 0.15) is 0 Å². The van der Waals surface area contributed by atoms with Crippen molar-refractivity contribution in [2.45, 2.75) is 26.2 Å². The van der Waals surface area contributed by atoms with Gasteiger partial charge in [0.15, 0.2) is 0 Å². The Labute approximate surface area is 71.3 Å². The molecule has 0 unspecified atom stereocenters. The summed E-state index contributed by atoms with van der Waals surface area (Å²) in [6.45, 7) is 2.65. The first-order valence-electron chi connectivity index (χ1n) is 3.97. The molecule has 0 N–H and O–H groups in total. The summed E-state index contributed by atoms with van der Waals surface area (Å²) in [5.41, 5.74) is 7.92. The van der Waals surface area contributed by atoms with E-state index in [2.05, 4.69) is 10.0 Å². The molecule has 0 spiro atoms. The third kappa shape index (κ3) is 6.89. The number of carbonyl (C=O) groups is 1. The molecule has 12 heavy (non-hydrogen) atoms. The number of unbranched alkanes of at least 4 members (excludes halogenated alkanes) is 1. The minimum Gasteiger partial charge on any atom is -0.466 e. The molecule has 5 heteroatoms. The van der Waals surface area contributed by atoms with Gasteiger partial charge in [-0.05, 0) is 18.4 Å². The van der Waals surface area contributed by atoms with Crippen molar-refractivity contribution in [3.8, 4) is 0 Å². The second kappa shape index (κ2) is 7.88. The molecule has 0 aromatic rings. The van der Waals surface area contributed by atoms with Gasteiger partial charge in [0.05, 0.1) is 6.61 Å². The summed E-state index contributed by atoms with van der Waals surface area (Å²) in [5.74, 6) is -0.182. The first-order valence-corrected chi connectivity index (χ1v) is 3.97. The molecule has 0 aliphatic heterocycles. The lowest BCUT2D eigenvalue weighted by molar-refractivity contribution is -0.143. The number of hydrogen-bond donors (Lipinski definition) is 0. The van der Waals surface area contributed by atoms with Crippen molar-refractivity contribution in [2.75, 3.05) is 13.2 Å². The summed E-state index contributed by atoms with van der Waals surface area (Å²) >= 11 is 0. The molecule has 0 aromatic carbocycles. The van der Waals surface area contributed by atoms with Crippen molar-refractivity contribution in [2.24, 2.45) is 5.11 Å². The Balaban J connectivity index is 3.10. The van der Waals surface area contributed by atoms with Gasteiger partial charge in [-0.25, -0.2) is 0 Å². The van der Waals surface area contributed by atoms with Crippen LogP contribution in [0.2, 0.25) is 0 Å². The van der Waals surface area contributed by atoms with Crippen LogP contribution >= 0.6 is 0 Å². The number of hydrogen-bond acceptors (Lipinski definition) is 3. The normalized spacial score (nSPS) is 8.75. The highest BCUT2D eigenvalue weighted by Crippen LogP contribution is 1.93. The monoisotopic (exact) mass is 171 g/mol. The minimum absolute atomic E-state index is 0.182. The maximum atomic E-state index is 10.6. The number of rotatable bonds is 6. The van der Waals surface area contributed by atoms with Crippen molar-refractivity contribution in [3.05, 3.63) is 10.4 Å². The van der Waals surface area contributed by atoms with Crippen molar-refractivity contribution >= 4 is 5.97 Å². The highest BCUT2D eigenvalue weighted by Gasteiger charge is 1.95. The smallest absolute Gasteiger partial charge is 0.305 e. The Bertz CT molecular complexity index is 175. The van der Waals surface area contributed by atoms with Gasteiger partial charge in [0, 0.05) is 17.9 Å². The third-order valence-corrected chi connectivity index (χ3v) is 1.27. The summed E-state index contributed by atoms with van der Waals surface area (Å²) < 4.78 is 4.80. The molecular formula is C7H13N3O2. The molecule has 0 saturated heterocycles. The summed E-state index contributed by atoms with van der Waals surface area (Å²) in [7, 11) is 0. The Morgan fingerprint density at radius 3 is 2.92 bits per heavy atom. The van der Waals surface area contributed by atoms with Crippen LogP contribution in [0.25, 0.3) is 10.4 Å². The van der Waals surface area contributed by atoms with E-state index in [9.17, 15) is 4.79 Å². The lowest BCUT2D eigenvalue weighted by Crippen LogP contribution is -2.03. The standard InChI is InChI=1S/C7H13N3O2/c1-2-7(11)12-6-4-3-5-9-10-8/h2-6H2,1H3. The van der Waals surface area contributed by atoms with Crippen LogP contribution in [-0.4, -0.2) is 19.1 Å². The van der Waals surface area contributed by atoms with Crippen molar-refractivity contribution < 1.29 is 9.53 Å². The first-order chi connectivity index (χ1) is 5.81. The van der Waals surface area contributed by atoms with Crippen molar-refractivity contribution in [1.82, 2.24) is 0 Å². The fraction of sp³-hybridized carbons (Fsp3) is 0.857. The fourth-order valence-electron chi connectivity index (χ4n) is 0.617. The zero-order valence-corrected chi connectivity index (χ0v) is 7.19. The molecule has 0 amide bonds. The molecule has 0 aliphatic rings. The van der Waals surface area contributed by atoms with Crippen LogP contribution in [0.1, 0.15) is 26.2 Å². The molecule has 0 atom stereocenters. The van der Waals surface area contributed by atoms with E-state index in [4.69, 9.17) is 10.3 Å². The average molecular weight is 171 g/mol. The van der Waals surface area contributed by atoms with E-state index in [1.165, 1.54) is 0 Å². The quantitative estimate of drug-likeness (QED) is 0.201. The van der Waals surface area contributed by atoms with Gasteiger partial charge in [-0.1, -0.05) is 12.0 Å². The highest BCUT2D eigenvalue weighted by atomic mass is 16.5. The second-order valence-corrected chi connectivity index (χ2v) is 2.24. The number of ether oxygens (including phenoxy) is 1. The van der Waals surface area contributed by atoms with Crippen LogP contribution in [0.3, 0.4) is 0 Å². The van der Waals surface area contributed by atoms with Gasteiger partial charge in [0.2, 0.25) is 0 Å². The van der Waals surface area contributed by atoms with Crippen molar-refractivity contribution in [3.63, 3.8) is 0 Å². The van der Waals surface area contributed by atoms with E-state index in [1.54, 1.807) is 6.92 Å². The Morgan fingerprint density at radius 1 is 1.58 bits per heavy atom. The Morgan fingerprint density at radius 2 is 2.33 bits per heavy atom. The van der Waals surface area contributed by atoms with E-state index in [-0.39, 0.29) is 5.97 Å². The molecular weight excluding hydrogens is 158 g/mol. The zero-order valence-electron chi connectivity index (χ0n) is 7.19. The van der Waals surface area contributed by atoms with E-state index in [0.29, 0.717) is 19.6 Å². The molecule has 0 heterocycles.